The van der Waals surface area contributed by atoms with Crippen molar-refractivity contribution < 1.29 is 66.2 Å². The van der Waals surface area contributed by atoms with Gasteiger partial charge < -0.3 is 34.1 Å². The maximum Gasteiger partial charge on any atom is 0 e. The van der Waals surface area contributed by atoms with Gasteiger partial charge in [-0.1, -0.05) is 57.3 Å². The molecule has 12 nitrogen and oxygen atoms in total. The molecule has 1 radical (unpaired) electrons. The number of likely N-dealkylation sites (tertiary alicyclic amines) is 1. The smallest absolute Gasteiger partial charge is 0 e. The fraction of sp³-hybridized carbons (Fsp3) is 0.500. The molecule has 6 aliphatic heterocycles. The van der Waals surface area contributed by atoms with E-state index in [1.54, 1.807) is 6.20 Å². The molecule has 0 bridgehead atoms. The number of carbonyl (C=O) groups excluding carboxylic acids is 2. The van der Waals surface area contributed by atoms with Crippen LogP contribution in [0.1, 0.15) is 107 Å². The number of pyridine rings is 2. The predicted molar refractivity (Wildman–Crippen MR) is 307 cm³/mol. The molecule has 2 aromatic heterocycles. The van der Waals surface area contributed by atoms with Crippen LogP contribution < -0.4 is 24.3 Å². The number of ether oxygens (including phenoxy) is 4. The molecule has 8 heterocycles. The summed E-state index contributed by atoms with van der Waals surface area (Å²) in [5.74, 6) is 4.80. The number of amides is 2. The molecule has 0 atom stereocenters. The third-order valence-electron chi connectivity index (χ3n) is 14.0. The summed E-state index contributed by atoms with van der Waals surface area (Å²) in [4.78, 5) is 44.9. The number of carbonyl (C=O) groups is 2. The molecule has 4 fully saturated rings. The molecule has 2 spiro atoms. The van der Waals surface area contributed by atoms with Gasteiger partial charge in [-0.3, -0.25) is 24.5 Å². The zero-order valence-electron chi connectivity index (χ0n) is 39.3. The number of rotatable bonds is 8. The molecule has 2 saturated heterocycles. The van der Waals surface area contributed by atoms with Crippen LogP contribution in [0.4, 0.5) is 0 Å². The summed E-state index contributed by atoms with van der Waals surface area (Å²) < 4.78 is 22.0. The van der Waals surface area contributed by atoms with Crippen LogP contribution in [0.5, 0.6) is 23.0 Å². The van der Waals surface area contributed by atoms with E-state index in [0.29, 0.717) is 17.4 Å². The van der Waals surface area contributed by atoms with Crippen molar-refractivity contribution in [1.29, 1.82) is 0 Å². The normalized spacial score (nSPS) is 19.2. The molecule has 19 heteroatoms. The summed E-state index contributed by atoms with van der Waals surface area (Å²) in [6.45, 7) is 11.3. The fourth-order valence-electron chi connectivity index (χ4n) is 10.3. The van der Waals surface area contributed by atoms with Crippen molar-refractivity contribution in [2.24, 2.45) is 11.8 Å². The topological polar surface area (TPSA) is 119 Å². The van der Waals surface area contributed by atoms with Gasteiger partial charge in [0.1, 0.15) is 0 Å². The first kappa shape index (κ1) is 58.3. The van der Waals surface area contributed by atoms with Crippen LogP contribution in [0.15, 0.2) is 73.1 Å². The third-order valence-corrected chi connectivity index (χ3v) is 14.0. The Labute approximate surface area is 499 Å². The van der Waals surface area contributed by atoms with Gasteiger partial charge in [0.25, 0.3) is 11.8 Å². The minimum absolute atomic E-state index is 0. The summed E-state index contributed by atoms with van der Waals surface area (Å²) in [6, 6.07) is 19.7. The monoisotopic (exact) mass is 1620 g/mol. The zero-order valence-corrected chi connectivity index (χ0v) is 54.3. The number of halogens is 5. The number of hydrogen-bond donors (Lipinski definition) is 1. The van der Waals surface area contributed by atoms with Crippen LogP contribution in [0.25, 0.3) is 0 Å². The minimum Gasteiger partial charge on any atom is 0 e. The number of alkyl halides is 2. The number of fused-ring (bicyclic) bond motifs is 6. The average Bonchev–Trinajstić information content (AvgIpc) is 4.19. The fourth-order valence-corrected chi connectivity index (χ4v) is 10.3. The van der Waals surface area contributed by atoms with E-state index in [-0.39, 0.29) is 74.1 Å². The summed E-state index contributed by atoms with van der Waals surface area (Å²) in [5.41, 5.74) is 5.82. The molecule has 2 saturated carbocycles. The predicted octanol–water partition coefficient (Wildman–Crippen LogP) is 11.8. The van der Waals surface area contributed by atoms with E-state index in [1.165, 1.54) is 25.7 Å². The Morgan fingerprint density at radius 3 is 1.49 bits per heavy atom. The van der Waals surface area contributed by atoms with Crippen molar-refractivity contribution in [1.82, 2.24) is 30.0 Å². The van der Waals surface area contributed by atoms with Gasteiger partial charge in [0, 0.05) is 75.9 Å². The molecule has 12 rings (SSSR count). The summed E-state index contributed by atoms with van der Waals surface area (Å²) >= 11 is 11.7. The molecule has 0 unspecified atom stereocenters. The van der Waals surface area contributed by atoms with Gasteiger partial charge in [0.05, 0.1) is 16.8 Å². The Morgan fingerprint density at radius 1 is 0.667 bits per heavy atom. The Balaban J connectivity index is 0.000000177. The molecular weight excluding hydrogens is 1550 g/mol. The molecule has 4 aromatic rings. The Morgan fingerprint density at radius 2 is 1.10 bits per heavy atom. The Kier molecular flexibility index (Phi) is 23.8. The van der Waals surface area contributed by atoms with Crippen LogP contribution in [-0.2, 0) is 55.3 Å². The van der Waals surface area contributed by atoms with Gasteiger partial charge in [0.15, 0.2) is 23.0 Å². The summed E-state index contributed by atoms with van der Waals surface area (Å²) in [6.07, 6.45) is 15.0. The average molecular weight is 1620 g/mol. The summed E-state index contributed by atoms with van der Waals surface area (Å²) in [7, 11) is 0. The second-order valence-electron chi connectivity index (χ2n) is 17.8. The third kappa shape index (κ3) is 14.7. The molecule has 2 aliphatic carbocycles. The van der Waals surface area contributed by atoms with Crippen LogP contribution in [-0.4, -0.2) is 99.2 Å². The first-order chi connectivity index (χ1) is 33.1. The van der Waals surface area contributed by atoms with Crippen molar-refractivity contribution in [2.45, 2.75) is 81.8 Å². The van der Waals surface area contributed by atoms with Crippen molar-refractivity contribution >= 4 is 117 Å². The molecule has 2 aromatic carbocycles. The number of nitrogens with one attached hydrogen (secondary N) is 1. The molecule has 2 amide bonds. The van der Waals surface area contributed by atoms with Crippen molar-refractivity contribution in [3.8, 4) is 23.0 Å². The van der Waals surface area contributed by atoms with Crippen LogP contribution in [0.2, 0.25) is 0 Å². The van der Waals surface area contributed by atoms with Crippen molar-refractivity contribution in [3.63, 3.8) is 0 Å². The number of hydrogen-bond acceptors (Lipinski definition) is 10. The van der Waals surface area contributed by atoms with Gasteiger partial charge in [-0.2, -0.15) is 6.07 Å². The number of aromatic nitrogens is 2. The van der Waals surface area contributed by atoms with E-state index in [0.717, 1.165) is 135 Å². The molecule has 8 aliphatic rings. The first-order valence-electron chi connectivity index (χ1n) is 23.2. The largest absolute Gasteiger partial charge is 0 e. The Bertz CT molecular complexity index is 2290. The minimum atomic E-state index is -0.278. The quantitative estimate of drug-likeness (QED) is 0.104. The van der Waals surface area contributed by atoms with E-state index in [4.69, 9.17) is 18.9 Å². The number of piperidine rings is 2. The second kappa shape index (κ2) is 28.2. The molecule has 371 valence electrons. The van der Waals surface area contributed by atoms with Crippen molar-refractivity contribution in [3.05, 3.63) is 114 Å². The van der Waals surface area contributed by atoms with E-state index in [1.807, 2.05) is 58.5 Å². The maximum absolute atomic E-state index is 13.2. The van der Waals surface area contributed by atoms with E-state index in [9.17, 15) is 9.59 Å². The SMILES string of the molecule is CI.CI.O=C1c2cc3c(cc2C2(CC2)N1CCC1CCN(Cc2ccccn2)CC1)OCO3.O=C1c2cc3c(cc2C2(CC2)N1CCC1CCNCC1)OCO3.[CH2-]c1ccccn1.[I][V]([I])[I].[Y]. The Hall–Kier alpha value is 0.00831. The number of benzene rings is 2. The van der Waals surface area contributed by atoms with Gasteiger partial charge in [-0.25, -0.2) is 6.92 Å². The van der Waals surface area contributed by atoms with Gasteiger partial charge in [-0.05, 0) is 160 Å². The van der Waals surface area contributed by atoms with Crippen LogP contribution >= 0.6 is 105 Å². The van der Waals surface area contributed by atoms with E-state index < -0.39 is 0 Å². The maximum atomic E-state index is 13.2. The van der Waals surface area contributed by atoms with E-state index in [2.05, 4.69) is 160 Å². The molecule has 69 heavy (non-hydrogen) atoms. The number of nitrogens with zero attached hydrogens (tertiary/aromatic N) is 5. The zero-order chi connectivity index (χ0) is 48.3. The van der Waals surface area contributed by atoms with Crippen molar-refractivity contribution in [2.75, 3.05) is 62.7 Å². The molecular formula is C50H61I5N6O6VY-. The van der Waals surface area contributed by atoms with Crippen LogP contribution in [0.3, 0.4) is 0 Å². The molecule has 1 N–H and O–H groups in total. The standard InChI is InChI=1S/C24H27N3O3.C18H22N2O3.C6H6N.2CH3I.3HI.V.Y/c28-23-19-13-21-22(30-16-29-21)14-20(19)24(7-8-24)27(23)12-6-17-4-10-26(11-5-17)15-18-3-1-2-9-25-18;21-17-13-9-15-16(23-11-22-15)10-14(13)18(4-5-18)20(17)8-3-12-1-6-19-7-2-12;1-6-4-2-3-5-7-6;2*1-2;;;;;/h1-3,9,13-14,17H,4-8,10-12,15-16H2;9-10,12,19H,1-8,11H2;2-5H,1H2;2*1H3;3*1H;;/q;;-1;;;;;;+3;/p-3. The van der Waals surface area contributed by atoms with Gasteiger partial charge >= 0.3 is 64.9 Å². The summed E-state index contributed by atoms with van der Waals surface area (Å²) in [5, 5.41) is 3.41. The second-order valence-corrected chi connectivity index (χ2v) is 53.2. The van der Waals surface area contributed by atoms with Crippen LogP contribution in [0, 0.1) is 18.8 Å². The van der Waals surface area contributed by atoms with Gasteiger partial charge in [0.2, 0.25) is 13.6 Å². The van der Waals surface area contributed by atoms with Gasteiger partial charge in [-0.15, -0.1) is 11.8 Å². The van der Waals surface area contributed by atoms with E-state index >= 15 is 0 Å². The first-order valence-corrected chi connectivity index (χ1v) is 41.1.